The van der Waals surface area contributed by atoms with Crippen molar-refractivity contribution in [2.24, 2.45) is 0 Å². The fourth-order valence-corrected chi connectivity index (χ4v) is 2.73. The summed E-state index contributed by atoms with van der Waals surface area (Å²) >= 11 is 0. The molecule has 0 aliphatic rings. The van der Waals surface area contributed by atoms with Crippen LogP contribution in [0.3, 0.4) is 0 Å². The maximum absolute atomic E-state index is 11.3. The lowest BCUT2D eigenvalue weighted by Gasteiger charge is -2.09. The van der Waals surface area contributed by atoms with E-state index >= 15 is 0 Å². The minimum absolute atomic E-state index is 0. The molecule has 2 aromatic heterocycles. The van der Waals surface area contributed by atoms with Gasteiger partial charge in [-0.05, 0) is 6.42 Å². The lowest BCUT2D eigenvalue weighted by Crippen LogP contribution is -2.08. The van der Waals surface area contributed by atoms with Gasteiger partial charge >= 0.3 is 0 Å². The zero-order valence-corrected chi connectivity index (χ0v) is 14.2. The lowest BCUT2D eigenvalue weighted by atomic mass is 10.1. The van der Waals surface area contributed by atoms with Gasteiger partial charge in [0, 0.05) is 41.5 Å². The Labute approximate surface area is 133 Å². The Kier molecular flexibility index (Phi) is 6.21. The number of hydrogen-bond acceptors (Lipinski definition) is 4. The number of rotatable bonds is 5. The van der Waals surface area contributed by atoms with Crippen molar-refractivity contribution >= 4 is 21.8 Å². The highest BCUT2D eigenvalue weighted by atomic mass is 32.2. The molecule has 0 saturated heterocycles. The molecule has 2 heterocycles. The van der Waals surface area contributed by atoms with Crippen LogP contribution in [0.4, 0.5) is 0 Å². The van der Waals surface area contributed by atoms with Crippen molar-refractivity contribution in [1.29, 1.82) is 5.26 Å². The first-order valence-electron chi connectivity index (χ1n) is 7.07. The van der Waals surface area contributed by atoms with Crippen LogP contribution in [0.2, 0.25) is 0 Å². The Balaban J connectivity index is 0.00000242. The van der Waals surface area contributed by atoms with E-state index in [0.29, 0.717) is 17.9 Å². The van der Waals surface area contributed by atoms with Crippen LogP contribution >= 0.6 is 0 Å². The van der Waals surface area contributed by atoms with E-state index in [2.05, 4.69) is 29.9 Å². The second-order valence-corrected chi connectivity index (χ2v) is 6.92. The molecule has 1 atom stereocenters. The molecule has 0 spiro atoms. The van der Waals surface area contributed by atoms with Crippen molar-refractivity contribution in [3.05, 3.63) is 23.3 Å². The van der Waals surface area contributed by atoms with Crippen molar-refractivity contribution < 1.29 is 9.69 Å². The number of aromatic nitrogens is 3. The largest absolute Gasteiger partial charge is 0.412 e. The predicted molar refractivity (Wildman–Crippen MR) is 88.3 cm³/mol. The fraction of sp³-hybridized carbons (Fsp3) is 0.533. The lowest BCUT2D eigenvalue weighted by molar-refractivity contribution is 0.678. The molecule has 1 unspecified atom stereocenters. The number of hydrogen-bond donors (Lipinski definition) is 0. The standard InChI is InChI=1S/C15H20N4OS.H2O/c1-5-12-13-11(8-16)9-19(6-7-21(4)20)15(13)18-14(17-12)10(2)3;/h9-10H,5-7H2,1-4H3;1H2. The molecule has 0 aromatic carbocycles. The summed E-state index contributed by atoms with van der Waals surface area (Å²) in [4.78, 5) is 9.23. The van der Waals surface area contributed by atoms with E-state index in [1.54, 1.807) is 12.5 Å². The van der Waals surface area contributed by atoms with Gasteiger partial charge in [-0.15, -0.1) is 0 Å². The van der Waals surface area contributed by atoms with Gasteiger partial charge in [-0.2, -0.15) is 5.26 Å². The highest BCUT2D eigenvalue weighted by molar-refractivity contribution is 7.84. The van der Waals surface area contributed by atoms with E-state index in [-0.39, 0.29) is 11.4 Å². The van der Waals surface area contributed by atoms with Crippen molar-refractivity contribution in [3.8, 4) is 6.07 Å². The average molecular weight is 322 g/mol. The zero-order chi connectivity index (χ0) is 15.6. The number of nitriles is 1. The minimum Gasteiger partial charge on any atom is -0.412 e. The Morgan fingerprint density at radius 3 is 2.59 bits per heavy atom. The van der Waals surface area contributed by atoms with Gasteiger partial charge in [0.15, 0.2) is 0 Å². The first-order valence-corrected chi connectivity index (χ1v) is 8.80. The summed E-state index contributed by atoms with van der Waals surface area (Å²) in [5.74, 6) is 1.58. The van der Waals surface area contributed by atoms with E-state index < -0.39 is 10.8 Å². The van der Waals surface area contributed by atoms with Crippen molar-refractivity contribution in [2.45, 2.75) is 39.7 Å². The molecule has 0 aliphatic heterocycles. The van der Waals surface area contributed by atoms with Gasteiger partial charge in [-0.25, -0.2) is 9.97 Å². The Morgan fingerprint density at radius 2 is 2.09 bits per heavy atom. The predicted octanol–water partition coefficient (Wildman–Crippen LogP) is 1.54. The highest BCUT2D eigenvalue weighted by Crippen LogP contribution is 2.25. The summed E-state index contributed by atoms with van der Waals surface area (Å²) < 4.78 is 13.3. The van der Waals surface area contributed by atoms with Crippen LogP contribution in [0.1, 0.15) is 43.8 Å². The van der Waals surface area contributed by atoms with Crippen molar-refractivity contribution in [1.82, 2.24) is 14.5 Å². The van der Waals surface area contributed by atoms with Crippen LogP contribution in [0.5, 0.6) is 0 Å². The van der Waals surface area contributed by atoms with Crippen LogP contribution in [-0.4, -0.2) is 36.2 Å². The number of fused-ring (bicyclic) bond motifs is 1. The second-order valence-electron chi connectivity index (χ2n) is 5.36. The molecule has 0 radical (unpaired) electrons. The molecule has 2 aromatic rings. The fourth-order valence-electron chi connectivity index (χ4n) is 2.27. The second kappa shape index (κ2) is 7.47. The van der Waals surface area contributed by atoms with Gasteiger partial charge < -0.3 is 10.0 Å². The van der Waals surface area contributed by atoms with Crippen LogP contribution < -0.4 is 0 Å². The summed E-state index contributed by atoms with van der Waals surface area (Å²) in [5, 5.41) is 10.2. The molecule has 22 heavy (non-hydrogen) atoms. The normalized spacial score (nSPS) is 12.2. The molecule has 0 aliphatic carbocycles. The van der Waals surface area contributed by atoms with Crippen molar-refractivity contribution in [2.75, 3.05) is 12.0 Å². The third-order valence-electron chi connectivity index (χ3n) is 3.40. The molecule has 0 saturated carbocycles. The van der Waals surface area contributed by atoms with E-state index in [4.69, 9.17) is 0 Å². The third-order valence-corrected chi connectivity index (χ3v) is 4.16. The molecule has 0 fully saturated rings. The monoisotopic (exact) mass is 322 g/mol. The van der Waals surface area contributed by atoms with E-state index in [1.807, 2.05) is 11.5 Å². The molecular formula is C15H22N4O2S. The summed E-state index contributed by atoms with van der Waals surface area (Å²) in [6.07, 6.45) is 4.25. The zero-order valence-electron chi connectivity index (χ0n) is 13.4. The van der Waals surface area contributed by atoms with E-state index in [1.165, 1.54) is 0 Å². The minimum atomic E-state index is -0.870. The first kappa shape index (κ1) is 18.3. The SMILES string of the molecule is CCc1nc(C(C)C)nc2c1c(C#N)cn2CCS(C)=O.O. The molecular weight excluding hydrogens is 300 g/mol. The Bertz CT molecular complexity index is 731. The van der Waals surface area contributed by atoms with Crippen molar-refractivity contribution in [3.63, 3.8) is 0 Å². The van der Waals surface area contributed by atoms with E-state index in [0.717, 1.165) is 29.0 Å². The maximum Gasteiger partial charge on any atom is 0.145 e. The summed E-state index contributed by atoms with van der Waals surface area (Å²) in [6.45, 7) is 6.74. The quantitative estimate of drug-likeness (QED) is 0.832. The topological polar surface area (TPSA) is 103 Å². The van der Waals surface area contributed by atoms with Gasteiger partial charge in [-0.3, -0.25) is 4.21 Å². The molecule has 0 amide bonds. The molecule has 6 nitrogen and oxygen atoms in total. The van der Waals surface area contributed by atoms with E-state index in [9.17, 15) is 9.47 Å². The van der Waals surface area contributed by atoms with Gasteiger partial charge in [0.2, 0.25) is 0 Å². The van der Waals surface area contributed by atoms with Crippen LogP contribution in [0.15, 0.2) is 6.20 Å². The van der Waals surface area contributed by atoms with Crippen LogP contribution in [-0.2, 0) is 23.8 Å². The average Bonchev–Trinajstić information content (AvgIpc) is 2.82. The van der Waals surface area contributed by atoms with Crippen LogP contribution in [0, 0.1) is 11.3 Å². The smallest absolute Gasteiger partial charge is 0.145 e. The van der Waals surface area contributed by atoms with Gasteiger partial charge in [0.25, 0.3) is 0 Å². The molecule has 7 heteroatoms. The molecule has 0 bridgehead atoms. The van der Waals surface area contributed by atoms with Gasteiger partial charge in [0.1, 0.15) is 17.5 Å². The summed E-state index contributed by atoms with van der Waals surface area (Å²) in [7, 11) is -0.870. The Morgan fingerprint density at radius 1 is 1.41 bits per heavy atom. The maximum atomic E-state index is 11.3. The summed E-state index contributed by atoms with van der Waals surface area (Å²) in [6, 6.07) is 2.22. The first-order chi connectivity index (χ1) is 9.97. The molecule has 2 rings (SSSR count). The van der Waals surface area contributed by atoms with Gasteiger partial charge in [0.05, 0.1) is 16.6 Å². The molecule has 2 N–H and O–H groups in total. The Hall–Kier alpha value is -1.78. The third kappa shape index (κ3) is 3.51. The number of aryl methyl sites for hydroxylation is 2. The number of nitrogens with zero attached hydrogens (tertiary/aromatic N) is 4. The van der Waals surface area contributed by atoms with Gasteiger partial charge in [-0.1, -0.05) is 20.8 Å². The highest BCUT2D eigenvalue weighted by Gasteiger charge is 2.17. The molecule has 120 valence electrons. The summed E-state index contributed by atoms with van der Waals surface area (Å²) in [5.41, 5.74) is 2.29. The van der Waals surface area contributed by atoms with Crippen LogP contribution in [0.25, 0.3) is 11.0 Å².